The van der Waals surface area contributed by atoms with Crippen molar-refractivity contribution in [3.8, 4) is 0 Å². The number of aliphatic hydroxyl groups is 1. The maximum absolute atomic E-state index is 13.8. The Kier molecular flexibility index (Phi) is 3.05. The molecular weight excluding hydrogens is 245 g/mol. The molecule has 6 heteroatoms. The Morgan fingerprint density at radius 1 is 1.41 bits per heavy atom. The van der Waals surface area contributed by atoms with Crippen LogP contribution in [0.2, 0.25) is 5.02 Å². The van der Waals surface area contributed by atoms with Gasteiger partial charge in [0.25, 0.3) is 0 Å². The van der Waals surface area contributed by atoms with E-state index in [-0.39, 0.29) is 34.1 Å². The minimum atomic E-state index is -0.641. The first-order chi connectivity index (χ1) is 7.99. The lowest BCUT2D eigenvalue weighted by atomic mass is 10.1. The van der Waals surface area contributed by atoms with Crippen molar-refractivity contribution in [2.75, 3.05) is 29.9 Å². The molecule has 0 unspecified atom stereocenters. The lowest BCUT2D eigenvalue weighted by Crippen LogP contribution is -2.20. The third kappa shape index (κ3) is 2.25. The molecule has 0 aromatic heterocycles. The molecule has 94 valence electrons. The van der Waals surface area contributed by atoms with E-state index in [0.717, 1.165) is 12.8 Å². The monoisotopic (exact) mass is 259 g/mol. The molecule has 1 aromatic rings. The molecule has 1 saturated carbocycles. The average molecular weight is 260 g/mol. The fourth-order valence-electron chi connectivity index (χ4n) is 1.69. The summed E-state index contributed by atoms with van der Waals surface area (Å²) in [5, 5.41) is 11.9. The largest absolute Gasteiger partial charge is 0.397 e. The molecule has 0 saturated heterocycles. The van der Waals surface area contributed by atoms with Gasteiger partial charge in [-0.2, -0.15) is 0 Å². The van der Waals surface area contributed by atoms with Gasteiger partial charge in [-0.15, -0.1) is 0 Å². The molecule has 0 heterocycles. The second kappa shape index (κ2) is 4.23. The maximum Gasteiger partial charge on any atom is 0.169 e. The van der Waals surface area contributed by atoms with Crippen molar-refractivity contribution in [1.29, 1.82) is 0 Å². The predicted molar refractivity (Wildman–Crippen MR) is 67.5 cm³/mol. The van der Waals surface area contributed by atoms with Crippen molar-refractivity contribution < 1.29 is 9.50 Å². The molecule has 0 aliphatic heterocycles. The molecule has 0 spiro atoms. The van der Waals surface area contributed by atoms with Crippen LogP contribution in [0.4, 0.5) is 21.5 Å². The smallest absolute Gasteiger partial charge is 0.169 e. The average Bonchev–Trinajstić information content (AvgIpc) is 3.07. The molecule has 0 amide bonds. The van der Waals surface area contributed by atoms with E-state index in [2.05, 4.69) is 5.32 Å². The van der Waals surface area contributed by atoms with Crippen molar-refractivity contribution in [3.05, 3.63) is 16.9 Å². The number of hydrogen-bond acceptors (Lipinski definition) is 4. The van der Waals surface area contributed by atoms with Crippen LogP contribution >= 0.6 is 11.6 Å². The van der Waals surface area contributed by atoms with Crippen molar-refractivity contribution in [2.45, 2.75) is 12.8 Å². The number of benzene rings is 1. The highest BCUT2D eigenvalue weighted by Crippen LogP contribution is 2.45. The first kappa shape index (κ1) is 12.3. The number of aliphatic hydroxyl groups excluding tert-OH is 1. The fourth-order valence-corrected chi connectivity index (χ4v) is 1.84. The number of rotatable bonds is 4. The van der Waals surface area contributed by atoms with Gasteiger partial charge in [0.15, 0.2) is 5.82 Å². The van der Waals surface area contributed by atoms with E-state index in [1.807, 2.05) is 0 Å². The summed E-state index contributed by atoms with van der Waals surface area (Å²) in [5.41, 5.74) is 11.5. The van der Waals surface area contributed by atoms with Crippen LogP contribution in [0.3, 0.4) is 0 Å². The van der Waals surface area contributed by atoms with Gasteiger partial charge in [-0.3, -0.25) is 0 Å². The molecule has 1 fully saturated rings. The molecule has 17 heavy (non-hydrogen) atoms. The van der Waals surface area contributed by atoms with Gasteiger partial charge in [-0.05, 0) is 18.9 Å². The minimum absolute atomic E-state index is 0.0875. The van der Waals surface area contributed by atoms with Gasteiger partial charge in [0.05, 0.1) is 23.7 Å². The van der Waals surface area contributed by atoms with E-state index in [1.165, 1.54) is 6.07 Å². The van der Waals surface area contributed by atoms with Crippen molar-refractivity contribution in [3.63, 3.8) is 0 Å². The van der Waals surface area contributed by atoms with E-state index in [4.69, 9.17) is 28.2 Å². The van der Waals surface area contributed by atoms with Crippen molar-refractivity contribution in [1.82, 2.24) is 0 Å². The Hall–Kier alpha value is -1.20. The minimum Gasteiger partial charge on any atom is -0.397 e. The fraction of sp³-hybridized carbons (Fsp3) is 0.455. The topological polar surface area (TPSA) is 84.3 Å². The molecule has 1 aromatic carbocycles. The summed E-state index contributed by atoms with van der Waals surface area (Å²) in [5.74, 6) is -0.641. The third-order valence-corrected chi connectivity index (χ3v) is 3.58. The summed E-state index contributed by atoms with van der Waals surface area (Å²) < 4.78 is 13.8. The number of halogens is 2. The number of nitrogen functional groups attached to an aromatic ring is 2. The molecule has 2 rings (SSSR count). The zero-order valence-corrected chi connectivity index (χ0v) is 10.0. The van der Waals surface area contributed by atoms with Crippen LogP contribution in [0.25, 0.3) is 0 Å². The van der Waals surface area contributed by atoms with Crippen LogP contribution in [0.15, 0.2) is 6.07 Å². The van der Waals surface area contributed by atoms with Gasteiger partial charge in [0.2, 0.25) is 0 Å². The molecular formula is C11H15ClFN3O. The van der Waals surface area contributed by atoms with E-state index >= 15 is 0 Å². The first-order valence-electron chi connectivity index (χ1n) is 5.37. The van der Waals surface area contributed by atoms with E-state index in [0.29, 0.717) is 6.54 Å². The van der Waals surface area contributed by atoms with Crippen molar-refractivity contribution >= 4 is 28.7 Å². The van der Waals surface area contributed by atoms with Gasteiger partial charge < -0.3 is 21.9 Å². The molecule has 0 bridgehead atoms. The Labute approximate surface area is 104 Å². The Morgan fingerprint density at radius 3 is 2.59 bits per heavy atom. The molecule has 0 radical (unpaired) electrons. The summed E-state index contributed by atoms with van der Waals surface area (Å²) in [6.07, 6.45) is 1.86. The molecule has 0 atom stereocenters. The van der Waals surface area contributed by atoms with Gasteiger partial charge in [-0.25, -0.2) is 4.39 Å². The predicted octanol–water partition coefficient (Wildman–Crippen LogP) is 1.83. The van der Waals surface area contributed by atoms with Gasteiger partial charge in [-0.1, -0.05) is 11.6 Å². The zero-order valence-electron chi connectivity index (χ0n) is 9.26. The lowest BCUT2D eigenvalue weighted by molar-refractivity contribution is 0.219. The third-order valence-electron chi connectivity index (χ3n) is 3.20. The quantitative estimate of drug-likeness (QED) is 0.622. The normalized spacial score (nSPS) is 16.9. The van der Waals surface area contributed by atoms with E-state index in [9.17, 15) is 4.39 Å². The Morgan fingerprint density at radius 2 is 2.06 bits per heavy atom. The number of nitrogens with two attached hydrogens (primary N) is 2. The highest BCUT2D eigenvalue weighted by atomic mass is 35.5. The van der Waals surface area contributed by atoms with Gasteiger partial charge in [0, 0.05) is 12.0 Å². The zero-order chi connectivity index (χ0) is 12.6. The highest BCUT2D eigenvalue weighted by molar-refractivity contribution is 6.33. The standard InChI is InChI=1S/C11H15ClFN3O/c12-8-6(14)3-7(15)10(9(8)13)16-4-11(5-17)1-2-11/h3,16-17H,1-2,4-5,14-15H2. The SMILES string of the molecule is Nc1cc(N)c(NCC2(CO)CC2)c(F)c1Cl. The molecule has 4 nitrogen and oxygen atoms in total. The number of anilines is 3. The molecule has 6 N–H and O–H groups in total. The van der Waals surface area contributed by atoms with Crippen LogP contribution in [0, 0.1) is 11.2 Å². The summed E-state index contributed by atoms with van der Waals surface area (Å²) >= 11 is 5.71. The van der Waals surface area contributed by atoms with Crippen LogP contribution in [-0.2, 0) is 0 Å². The summed E-state index contributed by atoms with van der Waals surface area (Å²) in [7, 11) is 0. The highest BCUT2D eigenvalue weighted by Gasteiger charge is 2.41. The van der Waals surface area contributed by atoms with Gasteiger partial charge >= 0.3 is 0 Å². The van der Waals surface area contributed by atoms with Crippen LogP contribution < -0.4 is 16.8 Å². The molecule has 1 aliphatic carbocycles. The Bertz CT molecular complexity index is 449. The van der Waals surface area contributed by atoms with Crippen LogP contribution in [-0.4, -0.2) is 18.3 Å². The number of hydrogen-bond donors (Lipinski definition) is 4. The van der Waals surface area contributed by atoms with E-state index in [1.54, 1.807) is 0 Å². The summed E-state index contributed by atoms with van der Waals surface area (Å²) in [6, 6.07) is 1.42. The number of nitrogens with one attached hydrogen (secondary N) is 1. The lowest BCUT2D eigenvalue weighted by Gasteiger charge is -2.17. The summed E-state index contributed by atoms with van der Waals surface area (Å²) in [4.78, 5) is 0. The maximum atomic E-state index is 13.8. The van der Waals surface area contributed by atoms with Gasteiger partial charge in [0.1, 0.15) is 5.02 Å². The second-order valence-corrected chi connectivity index (χ2v) is 4.95. The molecule has 1 aliphatic rings. The summed E-state index contributed by atoms with van der Waals surface area (Å²) in [6.45, 7) is 0.565. The van der Waals surface area contributed by atoms with Crippen molar-refractivity contribution in [2.24, 2.45) is 5.41 Å². The first-order valence-corrected chi connectivity index (χ1v) is 5.74. The van der Waals surface area contributed by atoms with Crippen LogP contribution in [0.1, 0.15) is 12.8 Å². The van der Waals surface area contributed by atoms with E-state index < -0.39 is 5.82 Å². The van der Waals surface area contributed by atoms with Crippen LogP contribution in [0.5, 0.6) is 0 Å². The second-order valence-electron chi connectivity index (χ2n) is 4.57. The Balaban J connectivity index is 2.18.